The molecule has 1 amide bonds. The van der Waals surface area contributed by atoms with E-state index in [1.807, 2.05) is 6.07 Å². The molecule has 0 spiro atoms. The molecule has 0 saturated carbocycles. The summed E-state index contributed by atoms with van der Waals surface area (Å²) < 4.78 is 13.6. The van der Waals surface area contributed by atoms with Crippen LogP contribution < -0.4 is 0 Å². The Morgan fingerprint density at radius 1 is 1.11 bits per heavy atom. The lowest BCUT2D eigenvalue weighted by Crippen LogP contribution is -2.48. The smallest absolute Gasteiger partial charge is 0.269 e. The molecule has 2 aromatic carbocycles. The molecule has 0 aromatic heterocycles. The van der Waals surface area contributed by atoms with Crippen molar-refractivity contribution in [1.29, 1.82) is 0 Å². The van der Waals surface area contributed by atoms with E-state index in [4.69, 9.17) is 0 Å². The zero-order valence-corrected chi connectivity index (χ0v) is 15.5. The fourth-order valence-electron chi connectivity index (χ4n) is 2.97. The minimum Gasteiger partial charge on any atom is -0.339 e. The Labute approximate surface area is 161 Å². The quantitative estimate of drug-likeness (QED) is 0.431. The fourth-order valence-corrected chi connectivity index (χ4v) is 3.82. The highest BCUT2D eigenvalue weighted by atomic mass is 32.2. The highest BCUT2D eigenvalue weighted by Gasteiger charge is 2.21. The molecule has 0 radical (unpaired) electrons. The molecular weight excluding hydrogens is 369 g/mol. The van der Waals surface area contributed by atoms with Crippen LogP contribution in [0.25, 0.3) is 0 Å². The second kappa shape index (κ2) is 8.96. The van der Waals surface area contributed by atoms with Crippen molar-refractivity contribution in [2.75, 3.05) is 31.9 Å². The second-order valence-electron chi connectivity index (χ2n) is 6.30. The number of carbonyl (C=O) groups excluding carboxylic acids is 1. The average molecular weight is 389 g/mol. The predicted molar refractivity (Wildman–Crippen MR) is 102 cm³/mol. The zero-order valence-electron chi connectivity index (χ0n) is 14.7. The molecule has 0 atom stereocenters. The first-order valence-electron chi connectivity index (χ1n) is 8.64. The lowest BCUT2D eigenvalue weighted by Gasteiger charge is -2.34. The van der Waals surface area contributed by atoms with Crippen molar-refractivity contribution < 1.29 is 14.1 Å². The summed E-state index contributed by atoms with van der Waals surface area (Å²) in [5, 5.41) is 10.9. The first-order chi connectivity index (χ1) is 13.0. The Kier molecular flexibility index (Phi) is 6.41. The van der Waals surface area contributed by atoms with Crippen molar-refractivity contribution in [1.82, 2.24) is 9.80 Å². The van der Waals surface area contributed by atoms with Gasteiger partial charge in [-0.2, -0.15) is 0 Å². The van der Waals surface area contributed by atoms with Gasteiger partial charge in [0.15, 0.2) is 0 Å². The van der Waals surface area contributed by atoms with Crippen LogP contribution in [-0.4, -0.2) is 52.6 Å². The number of nitro groups is 1. The van der Waals surface area contributed by atoms with Gasteiger partial charge in [0.2, 0.25) is 5.91 Å². The maximum atomic E-state index is 13.6. The van der Waals surface area contributed by atoms with Gasteiger partial charge >= 0.3 is 0 Å². The van der Waals surface area contributed by atoms with Gasteiger partial charge in [0.1, 0.15) is 5.82 Å². The van der Waals surface area contributed by atoms with Crippen LogP contribution in [0.1, 0.15) is 5.56 Å². The maximum absolute atomic E-state index is 13.6. The third-order valence-corrected chi connectivity index (χ3v) is 5.47. The topological polar surface area (TPSA) is 66.7 Å². The van der Waals surface area contributed by atoms with Gasteiger partial charge in [-0.25, -0.2) is 4.39 Å². The van der Waals surface area contributed by atoms with Gasteiger partial charge in [0, 0.05) is 49.8 Å². The third kappa shape index (κ3) is 5.27. The van der Waals surface area contributed by atoms with E-state index in [1.165, 1.54) is 23.9 Å². The van der Waals surface area contributed by atoms with Gasteiger partial charge < -0.3 is 4.90 Å². The van der Waals surface area contributed by atoms with Gasteiger partial charge in [0.25, 0.3) is 5.69 Å². The zero-order chi connectivity index (χ0) is 19.2. The van der Waals surface area contributed by atoms with Crippen LogP contribution in [0.3, 0.4) is 0 Å². The third-order valence-electron chi connectivity index (χ3n) is 4.44. The molecule has 0 bridgehead atoms. The largest absolute Gasteiger partial charge is 0.339 e. The molecule has 1 fully saturated rings. The van der Waals surface area contributed by atoms with Crippen molar-refractivity contribution in [2.24, 2.45) is 0 Å². The Morgan fingerprint density at radius 2 is 1.85 bits per heavy atom. The van der Waals surface area contributed by atoms with E-state index in [1.54, 1.807) is 35.2 Å². The Morgan fingerprint density at radius 3 is 2.56 bits per heavy atom. The van der Waals surface area contributed by atoms with Gasteiger partial charge in [-0.05, 0) is 17.7 Å². The highest BCUT2D eigenvalue weighted by Crippen LogP contribution is 2.22. The van der Waals surface area contributed by atoms with Crippen molar-refractivity contribution in [3.63, 3.8) is 0 Å². The number of carbonyl (C=O) groups is 1. The molecule has 3 rings (SSSR count). The lowest BCUT2D eigenvalue weighted by molar-refractivity contribution is -0.384. The van der Waals surface area contributed by atoms with E-state index in [0.29, 0.717) is 37.6 Å². The number of amides is 1. The van der Waals surface area contributed by atoms with E-state index >= 15 is 0 Å². The summed E-state index contributed by atoms with van der Waals surface area (Å²) >= 11 is 1.21. The maximum Gasteiger partial charge on any atom is 0.269 e. The molecular formula is C19H20FN3O3S. The molecule has 1 aliphatic rings. The van der Waals surface area contributed by atoms with Crippen LogP contribution in [0.4, 0.5) is 10.1 Å². The molecule has 8 heteroatoms. The van der Waals surface area contributed by atoms with Gasteiger partial charge in [-0.1, -0.05) is 24.3 Å². The van der Waals surface area contributed by atoms with E-state index in [9.17, 15) is 19.3 Å². The van der Waals surface area contributed by atoms with Gasteiger partial charge in [0.05, 0.1) is 10.7 Å². The Hall–Kier alpha value is -2.45. The number of nitrogens with zero attached hydrogens (tertiary/aromatic N) is 3. The minimum atomic E-state index is -0.395. The summed E-state index contributed by atoms with van der Waals surface area (Å²) in [6.07, 6.45) is 0. The molecule has 1 saturated heterocycles. The summed E-state index contributed by atoms with van der Waals surface area (Å²) in [7, 11) is 0. The van der Waals surface area contributed by atoms with Crippen LogP contribution in [-0.2, 0) is 11.3 Å². The van der Waals surface area contributed by atoms with Crippen molar-refractivity contribution in [2.45, 2.75) is 11.4 Å². The number of hydrogen-bond acceptors (Lipinski definition) is 5. The van der Waals surface area contributed by atoms with E-state index < -0.39 is 4.92 Å². The monoisotopic (exact) mass is 389 g/mol. The number of rotatable bonds is 6. The summed E-state index contributed by atoms with van der Waals surface area (Å²) in [4.78, 5) is 27.3. The molecule has 2 aromatic rings. The molecule has 0 unspecified atom stereocenters. The molecule has 1 aliphatic heterocycles. The van der Waals surface area contributed by atoms with Gasteiger partial charge in [-0.15, -0.1) is 11.8 Å². The summed E-state index contributed by atoms with van der Waals surface area (Å²) in [5.74, 6) is -0.0958. The van der Waals surface area contributed by atoms with E-state index in [-0.39, 0.29) is 23.2 Å². The number of nitro benzene ring substituents is 1. The fraction of sp³-hybridized carbons (Fsp3) is 0.316. The Bertz CT molecular complexity index is 825. The number of halogens is 1. The summed E-state index contributed by atoms with van der Waals surface area (Å²) in [5.41, 5.74) is 0.977. The molecule has 27 heavy (non-hydrogen) atoms. The van der Waals surface area contributed by atoms with Crippen LogP contribution >= 0.6 is 11.8 Å². The summed E-state index contributed by atoms with van der Waals surface area (Å²) in [6.45, 7) is 3.24. The molecule has 1 heterocycles. The van der Waals surface area contributed by atoms with Crippen LogP contribution in [0, 0.1) is 15.9 Å². The first kappa shape index (κ1) is 19.3. The Balaban J connectivity index is 1.47. The SMILES string of the molecule is O=C(CSc1ccccc1F)N1CCN(Cc2cccc([N+](=O)[O-])c2)CC1. The van der Waals surface area contributed by atoms with Crippen LogP contribution in [0.15, 0.2) is 53.4 Å². The normalized spacial score (nSPS) is 14.9. The number of benzene rings is 2. The van der Waals surface area contributed by atoms with Crippen molar-refractivity contribution in [3.05, 3.63) is 70.0 Å². The predicted octanol–water partition coefficient (Wildman–Crippen LogP) is 3.17. The summed E-state index contributed by atoms with van der Waals surface area (Å²) in [6, 6.07) is 13.1. The van der Waals surface area contributed by atoms with Crippen molar-refractivity contribution >= 4 is 23.4 Å². The minimum absolute atomic E-state index is 0.00162. The average Bonchev–Trinajstić information content (AvgIpc) is 2.68. The second-order valence-corrected chi connectivity index (χ2v) is 7.32. The number of hydrogen-bond donors (Lipinski definition) is 0. The molecule has 0 N–H and O–H groups in total. The first-order valence-corrected chi connectivity index (χ1v) is 9.62. The van der Waals surface area contributed by atoms with Crippen molar-refractivity contribution in [3.8, 4) is 0 Å². The number of non-ortho nitro benzene ring substituents is 1. The standard InChI is InChI=1S/C19H20FN3O3S/c20-17-6-1-2-7-18(17)27-14-19(24)22-10-8-21(9-11-22)13-15-4-3-5-16(12-15)23(25)26/h1-7,12H,8-11,13-14H2. The molecule has 142 valence electrons. The lowest BCUT2D eigenvalue weighted by atomic mass is 10.1. The molecule has 0 aliphatic carbocycles. The van der Waals surface area contributed by atoms with E-state index in [2.05, 4.69) is 4.90 Å². The number of thioether (sulfide) groups is 1. The van der Waals surface area contributed by atoms with Gasteiger partial charge in [-0.3, -0.25) is 19.8 Å². The highest BCUT2D eigenvalue weighted by molar-refractivity contribution is 8.00. The number of piperazine rings is 1. The van der Waals surface area contributed by atoms with Crippen LogP contribution in [0.2, 0.25) is 0 Å². The van der Waals surface area contributed by atoms with E-state index in [0.717, 1.165) is 5.56 Å². The molecule has 6 nitrogen and oxygen atoms in total. The van der Waals surface area contributed by atoms with Crippen LogP contribution in [0.5, 0.6) is 0 Å².